The van der Waals surface area contributed by atoms with E-state index in [0.29, 0.717) is 13.0 Å². The normalized spacial score (nSPS) is 10.8. The van der Waals surface area contributed by atoms with Gasteiger partial charge in [-0.15, -0.1) is 0 Å². The van der Waals surface area contributed by atoms with Crippen molar-refractivity contribution in [2.45, 2.75) is 33.7 Å². The van der Waals surface area contributed by atoms with Crippen LogP contribution in [0.4, 0.5) is 5.69 Å². The molecule has 1 heterocycles. The maximum atomic E-state index is 12.7. The number of hydrogen-bond acceptors (Lipinski definition) is 3. The number of aromatic nitrogens is 2. The van der Waals surface area contributed by atoms with Crippen molar-refractivity contribution in [1.29, 1.82) is 0 Å². The van der Waals surface area contributed by atoms with Gasteiger partial charge in [0.15, 0.2) is 0 Å². The summed E-state index contributed by atoms with van der Waals surface area (Å²) in [5.41, 5.74) is 4.77. The molecule has 0 aliphatic rings. The molecule has 3 aromatic rings. The maximum Gasteiger partial charge on any atom is 0.244 e. The summed E-state index contributed by atoms with van der Waals surface area (Å²) in [4.78, 5) is 28.5. The first-order valence-corrected chi connectivity index (χ1v) is 9.00. The molecule has 2 aromatic carbocycles. The summed E-state index contributed by atoms with van der Waals surface area (Å²) in [6.07, 6.45) is 0.561. The largest absolute Gasteiger partial charge is 0.356 e. The Morgan fingerprint density at radius 2 is 1.85 bits per heavy atom. The molecule has 0 atom stereocenters. The predicted octanol–water partition coefficient (Wildman–Crippen LogP) is 2.97. The number of carbonyl (C=O) groups excluding carboxylic acids is 2. The first-order chi connectivity index (χ1) is 13.0. The Kier molecular flexibility index (Phi) is 5.54. The highest BCUT2D eigenvalue weighted by Gasteiger charge is 2.14. The van der Waals surface area contributed by atoms with Crippen molar-refractivity contribution in [2.75, 3.05) is 11.9 Å². The van der Waals surface area contributed by atoms with E-state index >= 15 is 0 Å². The average molecular weight is 364 g/mol. The molecule has 0 fully saturated rings. The molecule has 0 aliphatic carbocycles. The number of fused-ring (bicyclic) bond motifs is 1. The van der Waals surface area contributed by atoms with Crippen LogP contribution >= 0.6 is 0 Å². The molecule has 6 nitrogen and oxygen atoms in total. The van der Waals surface area contributed by atoms with Crippen LogP contribution in [0.1, 0.15) is 23.9 Å². The van der Waals surface area contributed by atoms with Crippen LogP contribution in [0.25, 0.3) is 11.0 Å². The Hall–Kier alpha value is -3.15. The average Bonchev–Trinajstić information content (AvgIpc) is 2.96. The van der Waals surface area contributed by atoms with Crippen molar-refractivity contribution in [2.24, 2.45) is 0 Å². The second kappa shape index (κ2) is 8.03. The van der Waals surface area contributed by atoms with Crippen molar-refractivity contribution in [3.63, 3.8) is 0 Å². The Bertz CT molecular complexity index is 991. The number of anilines is 1. The molecule has 27 heavy (non-hydrogen) atoms. The summed E-state index contributed by atoms with van der Waals surface area (Å²) in [7, 11) is 0. The summed E-state index contributed by atoms with van der Waals surface area (Å²) >= 11 is 0. The second-order valence-corrected chi connectivity index (χ2v) is 6.63. The summed E-state index contributed by atoms with van der Waals surface area (Å²) in [6, 6.07) is 13.6. The highest BCUT2D eigenvalue weighted by Crippen LogP contribution is 2.19. The van der Waals surface area contributed by atoms with E-state index in [2.05, 4.69) is 15.6 Å². The van der Waals surface area contributed by atoms with E-state index in [9.17, 15) is 9.59 Å². The second-order valence-electron chi connectivity index (χ2n) is 6.63. The molecule has 140 valence electrons. The standard InChI is InChI=1S/C21H24N4O2/c1-14-7-6-9-17(15(14)2)24-21(27)13-25-19-10-5-4-8-18(19)23-20(25)11-12-22-16(3)26/h4-10H,11-13H2,1-3H3,(H,22,26)(H,24,27). The zero-order valence-corrected chi connectivity index (χ0v) is 15.9. The Morgan fingerprint density at radius 1 is 1.07 bits per heavy atom. The monoisotopic (exact) mass is 364 g/mol. The first kappa shape index (κ1) is 18.6. The number of imidazole rings is 1. The van der Waals surface area contributed by atoms with Gasteiger partial charge in [-0.05, 0) is 43.2 Å². The lowest BCUT2D eigenvalue weighted by atomic mass is 10.1. The van der Waals surface area contributed by atoms with Gasteiger partial charge in [0.05, 0.1) is 11.0 Å². The Morgan fingerprint density at radius 3 is 2.63 bits per heavy atom. The van der Waals surface area contributed by atoms with E-state index < -0.39 is 0 Å². The van der Waals surface area contributed by atoms with Crippen molar-refractivity contribution in [3.8, 4) is 0 Å². The van der Waals surface area contributed by atoms with Gasteiger partial charge in [-0.25, -0.2) is 4.98 Å². The molecule has 0 saturated carbocycles. The van der Waals surface area contributed by atoms with E-state index in [1.807, 2.05) is 60.9 Å². The minimum absolute atomic E-state index is 0.0784. The number of aryl methyl sites for hydroxylation is 1. The number of rotatable bonds is 6. The molecule has 6 heteroatoms. The molecular weight excluding hydrogens is 340 g/mol. The third-order valence-corrected chi connectivity index (χ3v) is 4.64. The molecule has 3 rings (SSSR count). The minimum atomic E-state index is -0.104. The molecule has 0 spiro atoms. The fourth-order valence-corrected chi connectivity index (χ4v) is 3.06. The van der Waals surface area contributed by atoms with Gasteiger partial charge >= 0.3 is 0 Å². The van der Waals surface area contributed by atoms with Crippen molar-refractivity contribution >= 4 is 28.5 Å². The number of benzene rings is 2. The third kappa shape index (κ3) is 4.34. The fourth-order valence-electron chi connectivity index (χ4n) is 3.06. The van der Waals surface area contributed by atoms with Crippen LogP contribution in [0.15, 0.2) is 42.5 Å². The summed E-state index contributed by atoms with van der Waals surface area (Å²) < 4.78 is 1.91. The van der Waals surface area contributed by atoms with E-state index in [1.165, 1.54) is 6.92 Å². The minimum Gasteiger partial charge on any atom is -0.356 e. The van der Waals surface area contributed by atoms with Gasteiger partial charge in [0.2, 0.25) is 11.8 Å². The number of hydrogen-bond donors (Lipinski definition) is 2. The molecule has 0 saturated heterocycles. The van der Waals surface area contributed by atoms with Crippen LogP contribution in [0.2, 0.25) is 0 Å². The zero-order valence-electron chi connectivity index (χ0n) is 15.9. The number of para-hydroxylation sites is 2. The topological polar surface area (TPSA) is 76.0 Å². The van der Waals surface area contributed by atoms with Crippen LogP contribution in [0.3, 0.4) is 0 Å². The molecule has 0 bridgehead atoms. The number of nitrogens with zero attached hydrogens (tertiary/aromatic N) is 2. The first-order valence-electron chi connectivity index (χ1n) is 9.00. The van der Waals surface area contributed by atoms with Gasteiger partial charge < -0.3 is 15.2 Å². The number of nitrogens with one attached hydrogen (secondary N) is 2. The summed E-state index contributed by atoms with van der Waals surface area (Å²) in [5, 5.41) is 5.78. The Labute approximate surface area is 158 Å². The van der Waals surface area contributed by atoms with Crippen LogP contribution in [-0.4, -0.2) is 27.9 Å². The Balaban J connectivity index is 1.82. The maximum absolute atomic E-state index is 12.7. The third-order valence-electron chi connectivity index (χ3n) is 4.64. The highest BCUT2D eigenvalue weighted by atomic mass is 16.2. The van der Waals surface area contributed by atoms with Crippen LogP contribution in [0, 0.1) is 13.8 Å². The van der Waals surface area contributed by atoms with Crippen LogP contribution in [-0.2, 0) is 22.6 Å². The van der Waals surface area contributed by atoms with Crippen molar-refractivity contribution < 1.29 is 9.59 Å². The van der Waals surface area contributed by atoms with Crippen molar-refractivity contribution in [3.05, 3.63) is 59.4 Å². The van der Waals surface area contributed by atoms with Gasteiger partial charge in [-0.3, -0.25) is 9.59 Å². The fraction of sp³-hybridized carbons (Fsp3) is 0.286. The smallest absolute Gasteiger partial charge is 0.244 e. The SMILES string of the molecule is CC(=O)NCCc1nc2ccccc2n1CC(=O)Nc1cccc(C)c1C. The molecule has 0 unspecified atom stereocenters. The lowest BCUT2D eigenvalue weighted by Crippen LogP contribution is -2.25. The predicted molar refractivity (Wildman–Crippen MR) is 107 cm³/mol. The van der Waals surface area contributed by atoms with Gasteiger partial charge in [-0.2, -0.15) is 0 Å². The van der Waals surface area contributed by atoms with Crippen molar-refractivity contribution in [1.82, 2.24) is 14.9 Å². The molecule has 2 amide bonds. The van der Waals surface area contributed by atoms with Gasteiger partial charge in [0.25, 0.3) is 0 Å². The van der Waals surface area contributed by atoms with Gasteiger partial charge in [0.1, 0.15) is 12.4 Å². The quantitative estimate of drug-likeness (QED) is 0.706. The highest BCUT2D eigenvalue weighted by molar-refractivity contribution is 5.92. The molecule has 0 radical (unpaired) electrons. The van der Waals surface area contributed by atoms with E-state index in [1.54, 1.807) is 0 Å². The molecule has 0 aliphatic heterocycles. The van der Waals surface area contributed by atoms with E-state index in [-0.39, 0.29) is 18.4 Å². The van der Waals surface area contributed by atoms with Gasteiger partial charge in [-0.1, -0.05) is 24.3 Å². The summed E-state index contributed by atoms with van der Waals surface area (Å²) in [5.74, 6) is 0.596. The number of amides is 2. The lowest BCUT2D eigenvalue weighted by molar-refractivity contribution is -0.119. The van der Waals surface area contributed by atoms with Crippen LogP contribution < -0.4 is 10.6 Å². The van der Waals surface area contributed by atoms with Crippen LogP contribution in [0.5, 0.6) is 0 Å². The summed E-state index contributed by atoms with van der Waals surface area (Å²) in [6.45, 7) is 6.16. The number of carbonyl (C=O) groups is 2. The van der Waals surface area contributed by atoms with E-state index in [4.69, 9.17) is 0 Å². The molecule has 2 N–H and O–H groups in total. The van der Waals surface area contributed by atoms with Gasteiger partial charge in [0, 0.05) is 25.6 Å². The van der Waals surface area contributed by atoms with E-state index in [0.717, 1.165) is 33.7 Å². The lowest BCUT2D eigenvalue weighted by Gasteiger charge is -2.13. The molecular formula is C21H24N4O2. The zero-order chi connectivity index (χ0) is 19.4. The molecule has 1 aromatic heterocycles.